The van der Waals surface area contributed by atoms with E-state index in [1.54, 1.807) is 18.3 Å². The van der Waals surface area contributed by atoms with Crippen LogP contribution in [0, 0.1) is 5.21 Å². The molecule has 0 atom stereocenters. The Morgan fingerprint density at radius 3 is 3.00 bits per heavy atom. The van der Waals surface area contributed by atoms with E-state index in [-0.39, 0.29) is 0 Å². The number of hydrogen-bond donors (Lipinski definition) is 1. The maximum absolute atomic E-state index is 10.4. The maximum atomic E-state index is 10.4. The molecule has 2 rings (SSSR count). The van der Waals surface area contributed by atoms with Crippen molar-refractivity contribution in [2.45, 2.75) is 0 Å². The molecular formula is C9H6BrN2O-. The van der Waals surface area contributed by atoms with Crippen LogP contribution in [0.3, 0.4) is 0 Å². The lowest BCUT2D eigenvalue weighted by molar-refractivity contribution is 1.40. The first kappa shape index (κ1) is 8.47. The van der Waals surface area contributed by atoms with Gasteiger partial charge >= 0.3 is 0 Å². The maximum Gasteiger partial charge on any atom is 0.0845 e. The molecule has 0 amide bonds. The van der Waals surface area contributed by atoms with Gasteiger partial charge in [-0.05, 0) is 34.1 Å². The van der Waals surface area contributed by atoms with Gasteiger partial charge in [-0.1, -0.05) is 6.07 Å². The first-order valence-corrected chi connectivity index (χ1v) is 4.53. The first-order valence-electron chi connectivity index (χ1n) is 3.73. The monoisotopic (exact) mass is 237 g/mol. The number of anilines is 1. The Balaban J connectivity index is 2.77. The van der Waals surface area contributed by atoms with E-state index in [0.29, 0.717) is 5.69 Å². The van der Waals surface area contributed by atoms with Crippen LogP contribution < -0.4 is 5.48 Å². The van der Waals surface area contributed by atoms with E-state index in [2.05, 4.69) is 20.9 Å². The summed E-state index contributed by atoms with van der Waals surface area (Å²) in [6.45, 7) is 0. The molecule has 0 aliphatic carbocycles. The molecule has 0 fully saturated rings. The molecule has 0 saturated carbocycles. The zero-order valence-corrected chi connectivity index (χ0v) is 8.21. The molecule has 0 aliphatic rings. The van der Waals surface area contributed by atoms with Gasteiger partial charge in [0.25, 0.3) is 0 Å². The molecule has 66 valence electrons. The predicted octanol–water partition coefficient (Wildman–Crippen LogP) is 2.91. The highest BCUT2D eigenvalue weighted by Gasteiger charge is 1.99. The minimum atomic E-state index is 0.535. The van der Waals surface area contributed by atoms with Crippen LogP contribution in [-0.4, -0.2) is 4.98 Å². The Kier molecular flexibility index (Phi) is 2.16. The second kappa shape index (κ2) is 3.32. The number of hydrogen-bond acceptors (Lipinski definition) is 3. The number of rotatable bonds is 1. The molecule has 0 spiro atoms. The molecular weight excluding hydrogens is 232 g/mol. The van der Waals surface area contributed by atoms with Crippen LogP contribution in [-0.2, 0) is 0 Å². The number of fused-ring (bicyclic) bond motifs is 1. The summed E-state index contributed by atoms with van der Waals surface area (Å²) in [6.07, 6.45) is 1.72. The van der Waals surface area contributed by atoms with Crippen molar-refractivity contribution in [2.75, 3.05) is 5.48 Å². The summed E-state index contributed by atoms with van der Waals surface area (Å²) >= 11 is 3.35. The molecule has 0 bridgehead atoms. The van der Waals surface area contributed by atoms with Gasteiger partial charge in [0.2, 0.25) is 0 Å². The van der Waals surface area contributed by atoms with Gasteiger partial charge in [-0.3, -0.25) is 4.98 Å². The summed E-state index contributed by atoms with van der Waals surface area (Å²) in [7, 11) is 0. The van der Waals surface area contributed by atoms with Gasteiger partial charge in [0.15, 0.2) is 0 Å². The van der Waals surface area contributed by atoms with Crippen LogP contribution in [0.25, 0.3) is 10.9 Å². The van der Waals surface area contributed by atoms with Crippen molar-refractivity contribution in [1.82, 2.24) is 4.98 Å². The van der Waals surface area contributed by atoms with E-state index in [1.807, 2.05) is 17.6 Å². The molecule has 1 N–H and O–H groups in total. The lowest BCUT2D eigenvalue weighted by Gasteiger charge is -2.10. The molecule has 1 aromatic carbocycles. The van der Waals surface area contributed by atoms with Crippen LogP contribution in [0.1, 0.15) is 0 Å². The van der Waals surface area contributed by atoms with Gasteiger partial charge in [0.1, 0.15) is 0 Å². The zero-order valence-electron chi connectivity index (χ0n) is 6.62. The van der Waals surface area contributed by atoms with Gasteiger partial charge in [0, 0.05) is 21.7 Å². The van der Waals surface area contributed by atoms with Gasteiger partial charge in [-0.25, -0.2) is 0 Å². The summed E-state index contributed by atoms with van der Waals surface area (Å²) < 4.78 is 0.823. The van der Waals surface area contributed by atoms with Crippen LogP contribution in [0.5, 0.6) is 0 Å². The van der Waals surface area contributed by atoms with Gasteiger partial charge in [-0.15, -0.1) is 0 Å². The molecule has 1 heterocycles. The molecule has 0 radical (unpaired) electrons. The van der Waals surface area contributed by atoms with Crippen molar-refractivity contribution in [3.63, 3.8) is 0 Å². The second-order valence-corrected chi connectivity index (χ2v) is 3.49. The number of nitrogens with one attached hydrogen (secondary N) is 1. The fourth-order valence-electron chi connectivity index (χ4n) is 1.21. The van der Waals surface area contributed by atoms with Crippen molar-refractivity contribution in [3.05, 3.63) is 40.1 Å². The van der Waals surface area contributed by atoms with Crippen molar-refractivity contribution in [3.8, 4) is 0 Å². The molecule has 3 nitrogen and oxygen atoms in total. The highest BCUT2D eigenvalue weighted by atomic mass is 79.9. The molecule has 0 aliphatic heterocycles. The minimum absolute atomic E-state index is 0.535. The second-order valence-electron chi connectivity index (χ2n) is 2.64. The van der Waals surface area contributed by atoms with Crippen molar-refractivity contribution in [2.24, 2.45) is 0 Å². The topological polar surface area (TPSA) is 48.0 Å². The van der Waals surface area contributed by atoms with Crippen LogP contribution in [0.4, 0.5) is 5.69 Å². The van der Waals surface area contributed by atoms with E-state index in [4.69, 9.17) is 0 Å². The van der Waals surface area contributed by atoms with E-state index >= 15 is 0 Å². The minimum Gasteiger partial charge on any atom is -0.761 e. The number of nitrogens with zero attached hydrogens (tertiary/aromatic N) is 1. The third-order valence-electron chi connectivity index (χ3n) is 1.78. The lowest BCUT2D eigenvalue weighted by atomic mass is 10.2. The van der Waals surface area contributed by atoms with E-state index in [0.717, 1.165) is 15.4 Å². The number of benzene rings is 1. The average molecular weight is 238 g/mol. The van der Waals surface area contributed by atoms with Gasteiger partial charge in [-0.2, -0.15) is 0 Å². The largest absolute Gasteiger partial charge is 0.761 e. The molecule has 2 aromatic rings. The average Bonchev–Trinajstić information content (AvgIpc) is 2.18. The fourth-order valence-corrected chi connectivity index (χ4v) is 1.78. The van der Waals surface area contributed by atoms with Crippen LogP contribution in [0.2, 0.25) is 0 Å². The zero-order chi connectivity index (χ0) is 9.26. The smallest absolute Gasteiger partial charge is 0.0845 e. The first-order chi connectivity index (χ1) is 6.31. The Bertz CT molecular complexity index is 445. The summed E-state index contributed by atoms with van der Waals surface area (Å²) in [6, 6.07) is 7.22. The van der Waals surface area contributed by atoms with Crippen molar-refractivity contribution in [1.29, 1.82) is 0 Å². The quantitative estimate of drug-likeness (QED) is 0.777. The predicted molar refractivity (Wildman–Crippen MR) is 56.4 cm³/mol. The van der Waals surface area contributed by atoms with Crippen LogP contribution in [0.15, 0.2) is 34.9 Å². The Hall–Kier alpha value is -1.13. The fraction of sp³-hybridized carbons (Fsp3) is 0. The van der Waals surface area contributed by atoms with E-state index in [9.17, 15) is 5.21 Å². The Morgan fingerprint density at radius 1 is 1.38 bits per heavy atom. The SMILES string of the molecule is [O-]Nc1cc(Br)c2ncccc2c1. The number of pyridine rings is 1. The summed E-state index contributed by atoms with van der Waals surface area (Å²) in [5.74, 6) is 0. The summed E-state index contributed by atoms with van der Waals surface area (Å²) in [5.41, 5.74) is 3.25. The van der Waals surface area contributed by atoms with Gasteiger partial charge in [0.05, 0.1) is 5.52 Å². The summed E-state index contributed by atoms with van der Waals surface area (Å²) in [4.78, 5) is 4.18. The molecule has 13 heavy (non-hydrogen) atoms. The summed E-state index contributed by atoms with van der Waals surface area (Å²) in [5, 5.41) is 11.4. The third kappa shape index (κ3) is 1.50. The highest BCUT2D eigenvalue weighted by Crippen LogP contribution is 2.25. The number of aromatic nitrogens is 1. The van der Waals surface area contributed by atoms with Crippen molar-refractivity contribution < 1.29 is 0 Å². The van der Waals surface area contributed by atoms with Crippen LogP contribution >= 0.6 is 15.9 Å². The molecule has 0 unspecified atom stereocenters. The van der Waals surface area contributed by atoms with E-state index < -0.39 is 0 Å². The lowest BCUT2D eigenvalue weighted by Crippen LogP contribution is -1.86. The van der Waals surface area contributed by atoms with Crippen molar-refractivity contribution >= 4 is 32.5 Å². The third-order valence-corrected chi connectivity index (χ3v) is 2.38. The number of halogens is 1. The molecule has 4 heteroatoms. The molecule has 1 aromatic heterocycles. The van der Waals surface area contributed by atoms with Gasteiger partial charge < -0.3 is 10.7 Å². The molecule has 0 saturated heterocycles. The Labute approximate surface area is 83.5 Å². The highest BCUT2D eigenvalue weighted by molar-refractivity contribution is 9.10. The van der Waals surface area contributed by atoms with E-state index in [1.165, 1.54) is 0 Å². The normalized spacial score (nSPS) is 10.3. The standard InChI is InChI=1S/C9H6BrN2O/c10-8-5-7(12-13)4-6-2-1-3-11-9(6)8/h1-5,12H/q-1. The Morgan fingerprint density at radius 2 is 2.23 bits per heavy atom.